The summed E-state index contributed by atoms with van der Waals surface area (Å²) >= 11 is 0. The van der Waals surface area contributed by atoms with Gasteiger partial charge in [0, 0.05) is 12.7 Å². The van der Waals surface area contributed by atoms with E-state index in [1.54, 1.807) is 11.9 Å². The van der Waals surface area contributed by atoms with Gasteiger partial charge in [-0.3, -0.25) is 5.41 Å². The molecule has 0 fully saturated rings. The molecule has 0 saturated heterocycles. The summed E-state index contributed by atoms with van der Waals surface area (Å²) in [5, 5.41) is 16.8. The molecule has 0 atom stereocenters. The highest BCUT2D eigenvalue weighted by Crippen LogP contribution is 2.21. The number of amidine groups is 1. The van der Waals surface area contributed by atoms with Gasteiger partial charge in [0.05, 0.1) is 6.61 Å². The molecule has 0 aliphatic carbocycles. The van der Waals surface area contributed by atoms with Gasteiger partial charge in [-0.2, -0.15) is 0 Å². The summed E-state index contributed by atoms with van der Waals surface area (Å²) in [5.41, 5.74) is 8.03. The smallest absolute Gasteiger partial charge is 0.126 e. The molecule has 0 saturated carbocycles. The second-order valence-electron chi connectivity index (χ2n) is 3.58. The Labute approximate surface area is 95.5 Å². The van der Waals surface area contributed by atoms with Crippen LogP contribution in [0.1, 0.15) is 11.1 Å². The van der Waals surface area contributed by atoms with E-state index in [0.29, 0.717) is 5.84 Å². The first kappa shape index (κ1) is 12.3. The minimum atomic E-state index is 0.00117. The van der Waals surface area contributed by atoms with E-state index in [2.05, 4.69) is 0 Å². The first-order chi connectivity index (χ1) is 7.60. The van der Waals surface area contributed by atoms with Crippen LogP contribution in [0.15, 0.2) is 30.5 Å². The van der Waals surface area contributed by atoms with Crippen LogP contribution < -0.4 is 10.6 Å². The van der Waals surface area contributed by atoms with E-state index < -0.39 is 0 Å². The maximum atomic E-state index is 9.07. The third-order valence-corrected chi connectivity index (χ3v) is 2.43. The van der Waals surface area contributed by atoms with Crippen LogP contribution in [0.5, 0.6) is 0 Å². The second-order valence-corrected chi connectivity index (χ2v) is 3.58. The highest BCUT2D eigenvalue weighted by molar-refractivity contribution is 6.03. The summed E-state index contributed by atoms with van der Waals surface area (Å²) < 4.78 is 0. The van der Waals surface area contributed by atoms with Gasteiger partial charge in [0.2, 0.25) is 0 Å². The maximum Gasteiger partial charge on any atom is 0.126 e. The van der Waals surface area contributed by atoms with E-state index >= 15 is 0 Å². The summed E-state index contributed by atoms with van der Waals surface area (Å²) in [7, 11) is 1.80. The van der Waals surface area contributed by atoms with Crippen molar-refractivity contribution in [2.75, 3.05) is 11.9 Å². The molecular formula is C12H17N3O. The van der Waals surface area contributed by atoms with Crippen LogP contribution in [0.4, 0.5) is 5.69 Å². The third-order valence-electron chi connectivity index (χ3n) is 2.43. The van der Waals surface area contributed by atoms with E-state index in [1.807, 2.05) is 25.1 Å². The van der Waals surface area contributed by atoms with E-state index in [1.165, 1.54) is 12.3 Å². The van der Waals surface area contributed by atoms with Crippen LogP contribution >= 0.6 is 0 Å². The van der Waals surface area contributed by atoms with Gasteiger partial charge < -0.3 is 15.7 Å². The average molecular weight is 219 g/mol. The third kappa shape index (κ3) is 2.61. The summed E-state index contributed by atoms with van der Waals surface area (Å²) in [6.07, 6.45) is 2.86. The number of nitrogens with zero attached hydrogens (tertiary/aromatic N) is 1. The Kier molecular flexibility index (Phi) is 4.08. The zero-order valence-electron chi connectivity index (χ0n) is 9.57. The molecule has 0 bridgehead atoms. The molecule has 0 radical (unpaired) electrons. The maximum absolute atomic E-state index is 9.07. The predicted octanol–water partition coefficient (Wildman–Crippen LogP) is 1.37. The fourth-order valence-electron chi connectivity index (χ4n) is 1.45. The normalized spacial score (nSPS) is 10.7. The van der Waals surface area contributed by atoms with Crippen molar-refractivity contribution in [3.8, 4) is 0 Å². The van der Waals surface area contributed by atoms with Gasteiger partial charge in [-0.05, 0) is 36.4 Å². The summed E-state index contributed by atoms with van der Waals surface area (Å²) in [5.74, 6) is 0.306. The largest absolute Gasteiger partial charge is 0.404 e. The van der Waals surface area contributed by atoms with Gasteiger partial charge in [-0.25, -0.2) is 0 Å². The van der Waals surface area contributed by atoms with Crippen molar-refractivity contribution in [1.82, 2.24) is 0 Å². The summed E-state index contributed by atoms with van der Waals surface area (Å²) in [4.78, 5) is 1.72. The van der Waals surface area contributed by atoms with Crippen LogP contribution in [0.25, 0.3) is 0 Å². The van der Waals surface area contributed by atoms with Crippen molar-refractivity contribution >= 4 is 11.5 Å². The molecule has 1 aromatic rings. The standard InChI is InChI=1S/C12H17N3O/c1-9-3-4-10(8-16)7-11(9)15(2)12(14)5-6-13/h3-7,14,16H,8,13H2,1-2H3. The monoisotopic (exact) mass is 219 g/mol. The molecule has 0 aliphatic heterocycles. The molecule has 0 amide bonds. The number of anilines is 1. The van der Waals surface area contributed by atoms with E-state index in [9.17, 15) is 0 Å². The van der Waals surface area contributed by atoms with Crippen LogP contribution in [-0.4, -0.2) is 18.0 Å². The first-order valence-electron chi connectivity index (χ1n) is 5.01. The van der Waals surface area contributed by atoms with Crippen LogP contribution in [0.3, 0.4) is 0 Å². The Hall–Kier alpha value is -1.81. The molecule has 16 heavy (non-hydrogen) atoms. The Balaban J connectivity index is 3.06. The molecule has 1 aromatic carbocycles. The lowest BCUT2D eigenvalue weighted by Gasteiger charge is -2.20. The van der Waals surface area contributed by atoms with E-state index in [4.69, 9.17) is 16.2 Å². The van der Waals surface area contributed by atoms with Crippen molar-refractivity contribution < 1.29 is 5.11 Å². The zero-order valence-corrected chi connectivity index (χ0v) is 9.57. The topological polar surface area (TPSA) is 73.3 Å². The lowest BCUT2D eigenvalue weighted by Crippen LogP contribution is -2.24. The van der Waals surface area contributed by atoms with Gasteiger partial charge in [0.25, 0.3) is 0 Å². The molecule has 1 rings (SSSR count). The number of hydrogen-bond acceptors (Lipinski definition) is 3. The predicted molar refractivity (Wildman–Crippen MR) is 66.6 cm³/mol. The second kappa shape index (κ2) is 5.32. The lowest BCUT2D eigenvalue weighted by molar-refractivity contribution is 0.282. The van der Waals surface area contributed by atoms with Crippen LogP contribution in [-0.2, 0) is 6.61 Å². The van der Waals surface area contributed by atoms with Crippen molar-refractivity contribution in [2.24, 2.45) is 5.73 Å². The number of likely N-dealkylation sites (N-methyl/N-ethyl adjacent to an activating group) is 1. The van der Waals surface area contributed by atoms with Crippen molar-refractivity contribution in [1.29, 1.82) is 5.41 Å². The quantitative estimate of drug-likeness (QED) is 0.531. The molecule has 4 heteroatoms. The Morgan fingerprint density at radius 2 is 2.25 bits per heavy atom. The Morgan fingerprint density at radius 3 is 2.81 bits per heavy atom. The fraction of sp³-hybridized carbons (Fsp3) is 0.250. The highest BCUT2D eigenvalue weighted by atomic mass is 16.3. The molecule has 0 heterocycles. The Bertz CT molecular complexity index is 413. The minimum Gasteiger partial charge on any atom is -0.404 e. The number of nitrogens with one attached hydrogen (secondary N) is 1. The molecule has 4 nitrogen and oxygen atoms in total. The minimum absolute atomic E-state index is 0.00117. The molecule has 0 unspecified atom stereocenters. The first-order valence-corrected chi connectivity index (χ1v) is 5.01. The average Bonchev–Trinajstić information content (AvgIpc) is 2.29. The molecule has 4 N–H and O–H groups in total. The summed E-state index contributed by atoms with van der Waals surface area (Å²) in [6, 6.07) is 5.67. The fourth-order valence-corrected chi connectivity index (χ4v) is 1.45. The molecule has 0 aliphatic rings. The molecule has 0 spiro atoms. The number of hydrogen-bond donors (Lipinski definition) is 3. The molecule has 0 aromatic heterocycles. The van der Waals surface area contributed by atoms with Gasteiger partial charge in [-0.15, -0.1) is 0 Å². The van der Waals surface area contributed by atoms with Crippen molar-refractivity contribution in [3.63, 3.8) is 0 Å². The Morgan fingerprint density at radius 1 is 1.56 bits per heavy atom. The van der Waals surface area contributed by atoms with Crippen LogP contribution in [0, 0.1) is 12.3 Å². The number of nitrogens with two attached hydrogens (primary N) is 1. The van der Waals surface area contributed by atoms with Crippen molar-refractivity contribution in [2.45, 2.75) is 13.5 Å². The number of aliphatic hydroxyl groups excluding tert-OH is 1. The lowest BCUT2D eigenvalue weighted by atomic mass is 10.1. The number of rotatable bonds is 3. The van der Waals surface area contributed by atoms with Gasteiger partial charge >= 0.3 is 0 Å². The summed E-state index contributed by atoms with van der Waals surface area (Å²) in [6.45, 7) is 1.97. The number of aryl methyl sites for hydroxylation is 1. The van der Waals surface area contributed by atoms with Crippen molar-refractivity contribution in [3.05, 3.63) is 41.6 Å². The SMILES string of the molecule is Cc1ccc(CO)cc1N(C)C(=N)C=CN. The molecular weight excluding hydrogens is 202 g/mol. The highest BCUT2D eigenvalue weighted by Gasteiger charge is 2.08. The van der Waals surface area contributed by atoms with E-state index in [0.717, 1.165) is 16.8 Å². The molecule has 86 valence electrons. The van der Waals surface area contributed by atoms with E-state index in [-0.39, 0.29) is 6.61 Å². The number of aliphatic hydroxyl groups is 1. The van der Waals surface area contributed by atoms with Gasteiger partial charge in [0.1, 0.15) is 5.84 Å². The van der Waals surface area contributed by atoms with Gasteiger partial charge in [-0.1, -0.05) is 12.1 Å². The van der Waals surface area contributed by atoms with Gasteiger partial charge in [0.15, 0.2) is 0 Å². The zero-order chi connectivity index (χ0) is 12.1. The van der Waals surface area contributed by atoms with Crippen LogP contribution in [0.2, 0.25) is 0 Å². The number of benzene rings is 1.